The number of nitrogens with zero attached hydrogens (tertiary/aromatic N) is 2. The van der Waals surface area contributed by atoms with Crippen LogP contribution in [-0.2, 0) is 0 Å². The average Bonchev–Trinajstić information content (AvgIpc) is 2.57. The second kappa shape index (κ2) is 6.65. The van der Waals surface area contributed by atoms with Crippen LogP contribution >= 0.6 is 0 Å². The summed E-state index contributed by atoms with van der Waals surface area (Å²) in [4.78, 5) is 0. The first kappa shape index (κ1) is 14.6. The lowest BCUT2D eigenvalue weighted by Crippen LogP contribution is -2.26. The number of hydrogen-bond acceptors (Lipinski definition) is 3. The van der Waals surface area contributed by atoms with Crippen molar-refractivity contribution >= 4 is 11.4 Å². The number of aryl methyl sites for hydroxylation is 1. The Bertz CT molecular complexity index is 656. The van der Waals surface area contributed by atoms with Gasteiger partial charge in [0, 0.05) is 29.9 Å². The highest BCUT2D eigenvalue weighted by atomic mass is 15.5. The van der Waals surface area contributed by atoms with Gasteiger partial charge in [0.05, 0.1) is 5.71 Å². The molecule has 1 aliphatic heterocycles. The van der Waals surface area contributed by atoms with Crippen molar-refractivity contribution in [2.45, 2.75) is 26.2 Å². The summed E-state index contributed by atoms with van der Waals surface area (Å²) in [6.45, 7) is 4.15. The number of nitrogens with two attached hydrogens (primary N) is 1. The van der Waals surface area contributed by atoms with Gasteiger partial charge < -0.3 is 5.73 Å². The lowest BCUT2D eigenvalue weighted by Gasteiger charge is -2.25. The Hall–Kier alpha value is -2.29. The van der Waals surface area contributed by atoms with Gasteiger partial charge in [-0.1, -0.05) is 42.0 Å². The summed E-state index contributed by atoms with van der Waals surface area (Å²) in [6, 6.07) is 16.5. The van der Waals surface area contributed by atoms with E-state index in [1.165, 1.54) is 24.8 Å². The van der Waals surface area contributed by atoms with E-state index in [9.17, 15) is 0 Å². The Morgan fingerprint density at radius 3 is 2.45 bits per heavy atom. The van der Waals surface area contributed by atoms with Crippen molar-refractivity contribution < 1.29 is 0 Å². The second-order valence-corrected chi connectivity index (χ2v) is 5.92. The molecule has 0 spiro atoms. The van der Waals surface area contributed by atoms with Gasteiger partial charge in [0.1, 0.15) is 0 Å². The fraction of sp³-hybridized carbons (Fsp3) is 0.316. The molecule has 22 heavy (non-hydrogen) atoms. The molecule has 2 aromatic rings. The van der Waals surface area contributed by atoms with E-state index in [1.807, 2.05) is 30.3 Å². The SMILES string of the molecule is Cc1ccc(N)c(/C(=N/N2CCCCC2)c2ccccc2)c1. The van der Waals surface area contributed by atoms with Crippen LogP contribution in [0.25, 0.3) is 0 Å². The predicted molar refractivity (Wildman–Crippen MR) is 93.1 cm³/mol. The summed E-state index contributed by atoms with van der Waals surface area (Å²) in [6.07, 6.45) is 3.74. The summed E-state index contributed by atoms with van der Waals surface area (Å²) in [7, 11) is 0. The normalized spacial score (nSPS) is 15.9. The maximum atomic E-state index is 6.23. The smallest absolute Gasteiger partial charge is 0.0996 e. The quantitative estimate of drug-likeness (QED) is 0.690. The maximum absolute atomic E-state index is 6.23. The van der Waals surface area contributed by atoms with Crippen LogP contribution in [0.1, 0.15) is 36.0 Å². The van der Waals surface area contributed by atoms with E-state index in [2.05, 4.69) is 30.1 Å². The van der Waals surface area contributed by atoms with Crippen LogP contribution in [0.2, 0.25) is 0 Å². The Balaban J connectivity index is 2.06. The van der Waals surface area contributed by atoms with E-state index >= 15 is 0 Å². The van der Waals surface area contributed by atoms with Gasteiger partial charge in [-0.2, -0.15) is 5.10 Å². The van der Waals surface area contributed by atoms with Crippen molar-refractivity contribution in [3.8, 4) is 0 Å². The van der Waals surface area contributed by atoms with E-state index in [4.69, 9.17) is 10.8 Å². The Labute approximate surface area is 132 Å². The van der Waals surface area contributed by atoms with Crippen molar-refractivity contribution in [2.24, 2.45) is 5.10 Å². The first-order valence-corrected chi connectivity index (χ1v) is 7.99. The van der Waals surface area contributed by atoms with Crippen LogP contribution in [0.5, 0.6) is 0 Å². The van der Waals surface area contributed by atoms with E-state index < -0.39 is 0 Å². The first-order valence-electron chi connectivity index (χ1n) is 7.99. The highest BCUT2D eigenvalue weighted by Gasteiger charge is 2.14. The predicted octanol–water partition coefficient (Wildman–Crippen LogP) is 3.82. The number of piperidine rings is 1. The molecule has 1 saturated heterocycles. The molecule has 0 aliphatic carbocycles. The van der Waals surface area contributed by atoms with Gasteiger partial charge in [0.15, 0.2) is 0 Å². The van der Waals surface area contributed by atoms with Gasteiger partial charge in [-0.25, -0.2) is 0 Å². The number of nitrogen functional groups attached to an aromatic ring is 1. The van der Waals surface area contributed by atoms with Gasteiger partial charge in [-0.3, -0.25) is 5.01 Å². The monoisotopic (exact) mass is 293 g/mol. The highest BCUT2D eigenvalue weighted by Crippen LogP contribution is 2.21. The Morgan fingerprint density at radius 1 is 1.00 bits per heavy atom. The molecule has 0 radical (unpaired) electrons. The Morgan fingerprint density at radius 2 is 1.73 bits per heavy atom. The zero-order chi connectivity index (χ0) is 15.4. The van der Waals surface area contributed by atoms with Crippen LogP contribution in [0.4, 0.5) is 5.69 Å². The molecule has 1 fully saturated rings. The number of rotatable bonds is 3. The maximum Gasteiger partial charge on any atom is 0.0996 e. The Kier molecular flexibility index (Phi) is 4.42. The molecule has 2 N–H and O–H groups in total. The third kappa shape index (κ3) is 3.30. The standard InChI is InChI=1S/C19H23N3/c1-15-10-11-18(20)17(14-15)19(16-8-4-2-5-9-16)21-22-12-6-3-7-13-22/h2,4-5,8-11,14H,3,6-7,12-13,20H2,1H3/b21-19+. The molecule has 0 bridgehead atoms. The van der Waals surface area contributed by atoms with Gasteiger partial charge in [0.2, 0.25) is 0 Å². The van der Waals surface area contributed by atoms with Crippen molar-refractivity contribution in [1.82, 2.24) is 5.01 Å². The molecule has 3 nitrogen and oxygen atoms in total. The molecule has 3 heteroatoms. The molecule has 0 amide bonds. The lowest BCUT2D eigenvalue weighted by atomic mass is 9.99. The van der Waals surface area contributed by atoms with E-state index in [0.717, 1.165) is 35.6 Å². The van der Waals surface area contributed by atoms with Gasteiger partial charge >= 0.3 is 0 Å². The first-order chi connectivity index (χ1) is 10.7. The summed E-state index contributed by atoms with van der Waals surface area (Å²) in [5.41, 5.74) is 11.3. The molecule has 1 aliphatic rings. The summed E-state index contributed by atoms with van der Waals surface area (Å²) < 4.78 is 0. The second-order valence-electron chi connectivity index (χ2n) is 5.92. The zero-order valence-corrected chi connectivity index (χ0v) is 13.1. The van der Waals surface area contributed by atoms with Crippen molar-refractivity contribution in [3.05, 3.63) is 65.2 Å². The number of hydrazone groups is 1. The summed E-state index contributed by atoms with van der Waals surface area (Å²) in [5.74, 6) is 0. The molecule has 0 aromatic heterocycles. The summed E-state index contributed by atoms with van der Waals surface area (Å²) >= 11 is 0. The van der Waals surface area contributed by atoms with Crippen LogP contribution in [0.3, 0.4) is 0 Å². The van der Waals surface area contributed by atoms with Gasteiger partial charge in [0.25, 0.3) is 0 Å². The van der Waals surface area contributed by atoms with Crippen LogP contribution in [0.15, 0.2) is 53.6 Å². The molecular weight excluding hydrogens is 270 g/mol. The minimum Gasteiger partial charge on any atom is -0.398 e. The fourth-order valence-electron chi connectivity index (χ4n) is 2.86. The molecule has 0 atom stereocenters. The third-order valence-corrected chi connectivity index (χ3v) is 4.09. The molecule has 114 valence electrons. The number of benzene rings is 2. The molecule has 0 saturated carbocycles. The number of hydrogen-bond donors (Lipinski definition) is 1. The van der Waals surface area contributed by atoms with Crippen molar-refractivity contribution in [1.29, 1.82) is 0 Å². The summed E-state index contributed by atoms with van der Waals surface area (Å²) in [5, 5.41) is 7.14. The fourth-order valence-corrected chi connectivity index (χ4v) is 2.86. The molecule has 3 rings (SSSR count). The molecular formula is C19H23N3. The van der Waals surface area contributed by atoms with Gasteiger partial charge in [-0.05, 0) is 38.3 Å². The largest absolute Gasteiger partial charge is 0.398 e. The van der Waals surface area contributed by atoms with E-state index in [1.54, 1.807) is 0 Å². The minimum atomic E-state index is 0.783. The minimum absolute atomic E-state index is 0.783. The van der Waals surface area contributed by atoms with Crippen molar-refractivity contribution in [2.75, 3.05) is 18.8 Å². The van der Waals surface area contributed by atoms with Crippen LogP contribution < -0.4 is 5.73 Å². The molecule has 1 heterocycles. The topological polar surface area (TPSA) is 41.6 Å². The third-order valence-electron chi connectivity index (χ3n) is 4.09. The highest BCUT2D eigenvalue weighted by molar-refractivity contribution is 6.15. The van der Waals surface area contributed by atoms with Crippen LogP contribution in [-0.4, -0.2) is 23.8 Å². The van der Waals surface area contributed by atoms with Gasteiger partial charge in [-0.15, -0.1) is 0 Å². The number of anilines is 1. The zero-order valence-electron chi connectivity index (χ0n) is 13.1. The van der Waals surface area contributed by atoms with Crippen LogP contribution in [0, 0.1) is 6.92 Å². The van der Waals surface area contributed by atoms with E-state index in [0.29, 0.717) is 0 Å². The van der Waals surface area contributed by atoms with Crippen molar-refractivity contribution in [3.63, 3.8) is 0 Å². The lowest BCUT2D eigenvalue weighted by molar-refractivity contribution is 0.239. The molecule has 0 unspecified atom stereocenters. The molecule has 2 aromatic carbocycles. The average molecular weight is 293 g/mol. The van der Waals surface area contributed by atoms with E-state index in [-0.39, 0.29) is 0 Å².